The Hall–Kier alpha value is -3.98. The lowest BCUT2D eigenvalue weighted by Gasteiger charge is -2.05. The summed E-state index contributed by atoms with van der Waals surface area (Å²) in [5.74, 6) is -4.82. The second-order valence-corrected chi connectivity index (χ2v) is 8.37. The molecule has 0 unspecified atom stereocenters. The van der Waals surface area contributed by atoms with Crippen molar-refractivity contribution in [2.24, 2.45) is 5.73 Å². The fraction of sp³-hybridized carbons (Fsp3) is 0.360. The summed E-state index contributed by atoms with van der Waals surface area (Å²) in [6, 6.07) is 14.7. The molecule has 0 aliphatic rings. The van der Waals surface area contributed by atoms with Gasteiger partial charge in [0.25, 0.3) is 5.82 Å². The molecule has 3 rings (SSSR count). The third-order valence-corrected chi connectivity index (χ3v) is 5.29. The molecule has 1 heterocycles. The van der Waals surface area contributed by atoms with Gasteiger partial charge in [0.05, 0.1) is 0 Å². The predicted molar refractivity (Wildman–Crippen MR) is 125 cm³/mol. The second-order valence-electron chi connectivity index (χ2n) is 8.37. The molecule has 0 bridgehead atoms. The molecule has 1 aromatic heterocycles. The molecule has 0 saturated carbocycles. The van der Waals surface area contributed by atoms with E-state index >= 15 is 0 Å². The predicted octanol–water partition coefficient (Wildman–Crippen LogP) is 1.01. The number of unbranched alkanes of at least 4 members (excludes halogenated alkanes) is 2. The second kappa shape index (κ2) is 15.6. The molecule has 0 fully saturated rings. The highest BCUT2D eigenvalue weighted by Gasteiger charge is 2.29. The van der Waals surface area contributed by atoms with Crippen molar-refractivity contribution in [1.82, 2.24) is 4.98 Å². The van der Waals surface area contributed by atoms with Gasteiger partial charge < -0.3 is 31.3 Å². The van der Waals surface area contributed by atoms with E-state index in [4.69, 9.17) is 25.5 Å². The minimum atomic E-state index is -5.19. The number of imidazole rings is 1. The van der Waals surface area contributed by atoms with Gasteiger partial charge >= 0.3 is 12.4 Å². The van der Waals surface area contributed by atoms with Crippen molar-refractivity contribution < 1.29 is 61.7 Å². The van der Waals surface area contributed by atoms with E-state index in [1.807, 2.05) is 6.20 Å². The van der Waals surface area contributed by atoms with Crippen LogP contribution in [0.4, 0.5) is 26.3 Å². The Bertz CT molecular complexity index is 1240. The van der Waals surface area contributed by atoms with Crippen molar-refractivity contribution in [3.8, 4) is 11.3 Å². The van der Waals surface area contributed by atoms with E-state index in [1.54, 1.807) is 0 Å². The standard InChI is InChI=1S/C21H26N4O.2C2HF3O2/c22-13-18(26)8-2-1-3-9-19(23)21-24-14-20(25-21)17-11-10-15-6-4-5-7-16(15)12-17;2*3-2(4,5)1(6)7/h4-7,10-12,14,19H,1-3,8-9,13,22-23H2,(H,24,25);2*(H,6,7)/t19-;;/m0../s1. The van der Waals surface area contributed by atoms with Crippen molar-refractivity contribution in [2.75, 3.05) is 6.54 Å². The van der Waals surface area contributed by atoms with Gasteiger partial charge in [0, 0.05) is 12.0 Å². The molecular formula is C25H28F6N4O5. The summed E-state index contributed by atoms with van der Waals surface area (Å²) in [5.41, 5.74) is 12.1. The molecule has 0 aliphatic heterocycles. The van der Waals surface area contributed by atoms with Crippen molar-refractivity contribution >= 4 is 28.5 Å². The number of H-pyrrole nitrogens is 2. The molecule has 9 nitrogen and oxygen atoms in total. The highest BCUT2D eigenvalue weighted by atomic mass is 19.4. The maximum Gasteiger partial charge on any atom is 0.430 e. The molecule has 1 atom stereocenters. The molecule has 2 aromatic carbocycles. The van der Waals surface area contributed by atoms with E-state index in [2.05, 4.69) is 58.2 Å². The Kier molecular flexibility index (Phi) is 13.3. The van der Waals surface area contributed by atoms with Crippen molar-refractivity contribution in [3.63, 3.8) is 0 Å². The van der Waals surface area contributed by atoms with Gasteiger partial charge in [-0.1, -0.05) is 43.2 Å². The number of alkyl halides is 6. The lowest BCUT2D eigenvalue weighted by atomic mass is 10.1. The molecule has 0 radical (unpaired) electrons. The number of ketones is 1. The number of Topliss-reactive ketones (excluding diaryl/α,β-unsaturated/α-hetero) is 1. The van der Waals surface area contributed by atoms with Crippen LogP contribution in [0.1, 0.15) is 44.0 Å². The molecular weight excluding hydrogens is 550 g/mol. The zero-order valence-corrected chi connectivity index (χ0v) is 21.0. The molecule has 3 aromatic rings. The van der Waals surface area contributed by atoms with Gasteiger partial charge in [-0.3, -0.25) is 4.79 Å². The average Bonchev–Trinajstić information content (AvgIpc) is 3.38. The number of carboxylic acid groups (broad SMARTS) is 2. The van der Waals surface area contributed by atoms with Gasteiger partial charge in [-0.15, -0.1) is 0 Å². The van der Waals surface area contributed by atoms with E-state index in [9.17, 15) is 31.1 Å². The number of nitrogens with one attached hydrogen (secondary N) is 2. The number of fused-ring (bicyclic) bond motifs is 1. The highest BCUT2D eigenvalue weighted by molar-refractivity contribution is 5.86. The number of aliphatic carboxylic acids is 2. The monoisotopic (exact) mass is 578 g/mol. The Morgan fingerprint density at radius 3 is 1.98 bits per heavy atom. The van der Waals surface area contributed by atoms with Crippen LogP contribution in [0.3, 0.4) is 0 Å². The Balaban J connectivity index is 0.000000473. The van der Waals surface area contributed by atoms with Gasteiger partial charge in [-0.25, -0.2) is 9.97 Å². The van der Waals surface area contributed by atoms with Crippen LogP contribution in [0.2, 0.25) is 0 Å². The minimum Gasteiger partial charge on any atom is -0.542 e. The van der Waals surface area contributed by atoms with Gasteiger partial charge in [0.15, 0.2) is 11.5 Å². The summed E-state index contributed by atoms with van der Waals surface area (Å²) < 4.78 is 63.1. The Labute approximate surface area is 224 Å². The first kappa shape index (κ1) is 34.0. The molecule has 0 aliphatic carbocycles. The van der Waals surface area contributed by atoms with Crippen LogP contribution in [0, 0.1) is 0 Å². The molecule has 0 amide bonds. The normalized spacial score (nSPS) is 12.0. The van der Waals surface area contributed by atoms with Crippen LogP contribution in [-0.2, 0) is 14.4 Å². The summed E-state index contributed by atoms with van der Waals surface area (Å²) in [6.07, 6.45) is -3.91. The number of benzene rings is 2. The van der Waals surface area contributed by atoms with E-state index in [0.717, 1.165) is 42.8 Å². The van der Waals surface area contributed by atoms with Gasteiger partial charge in [-0.05, 0) is 35.7 Å². The van der Waals surface area contributed by atoms with Crippen LogP contribution >= 0.6 is 0 Å². The van der Waals surface area contributed by atoms with E-state index in [-0.39, 0.29) is 11.8 Å². The minimum absolute atomic E-state index is 0.0484. The van der Waals surface area contributed by atoms with E-state index < -0.39 is 24.3 Å². The van der Waals surface area contributed by atoms with Crippen LogP contribution in [0.15, 0.2) is 48.7 Å². The maximum atomic E-state index is 11.3. The van der Waals surface area contributed by atoms with E-state index in [0.29, 0.717) is 13.0 Å². The zero-order valence-electron chi connectivity index (χ0n) is 21.0. The largest absolute Gasteiger partial charge is 0.542 e. The number of carboxylic acids is 2. The number of quaternary nitrogens is 1. The quantitative estimate of drug-likeness (QED) is 0.252. The molecule has 7 N–H and O–H groups in total. The summed E-state index contributed by atoms with van der Waals surface area (Å²) >= 11 is 0. The highest BCUT2D eigenvalue weighted by Crippen LogP contribution is 2.24. The summed E-state index contributed by atoms with van der Waals surface area (Å²) in [7, 11) is 0. The molecule has 0 spiro atoms. The van der Waals surface area contributed by atoms with Crippen molar-refractivity contribution in [2.45, 2.75) is 50.5 Å². The maximum absolute atomic E-state index is 11.3. The number of carbonyl (C=O) groups excluding carboxylic acids is 3. The first-order chi connectivity index (χ1) is 18.6. The Morgan fingerprint density at radius 1 is 0.900 bits per heavy atom. The summed E-state index contributed by atoms with van der Waals surface area (Å²) in [6.45, 7) is 0.397. The molecule has 40 heavy (non-hydrogen) atoms. The van der Waals surface area contributed by atoms with Crippen molar-refractivity contribution in [3.05, 3.63) is 54.5 Å². The number of halogens is 6. The SMILES string of the molecule is N[C@@H](CCCCCC(=O)C[NH3+])c1[nH]c(-c2ccc3ccccc3c2)c[nH+]1.O=C([O-])C(F)(F)F.O=C([O-])C(F)(F)F. The van der Waals surface area contributed by atoms with Crippen LogP contribution in [0.25, 0.3) is 22.0 Å². The number of hydrogen-bond acceptors (Lipinski definition) is 6. The van der Waals surface area contributed by atoms with Crippen LogP contribution in [-0.4, -0.2) is 41.6 Å². The number of aromatic nitrogens is 2. The fourth-order valence-corrected chi connectivity index (χ4v) is 3.21. The van der Waals surface area contributed by atoms with Crippen LogP contribution in [0.5, 0.6) is 0 Å². The van der Waals surface area contributed by atoms with Gasteiger partial charge in [0.2, 0.25) is 0 Å². The fourth-order valence-electron chi connectivity index (χ4n) is 3.21. The zero-order chi connectivity index (χ0) is 30.5. The van der Waals surface area contributed by atoms with E-state index in [1.165, 1.54) is 10.8 Å². The molecule has 220 valence electrons. The lowest BCUT2D eigenvalue weighted by molar-refractivity contribution is -0.391. The molecule has 0 saturated heterocycles. The first-order valence-corrected chi connectivity index (χ1v) is 11.8. The smallest absolute Gasteiger partial charge is 0.430 e. The number of rotatable bonds is 9. The summed E-state index contributed by atoms with van der Waals surface area (Å²) in [5, 5.41) is 20.0. The number of nitrogens with two attached hydrogens (primary N) is 1. The van der Waals surface area contributed by atoms with Crippen LogP contribution < -0.4 is 26.7 Å². The van der Waals surface area contributed by atoms with Crippen molar-refractivity contribution in [1.29, 1.82) is 0 Å². The Morgan fingerprint density at radius 2 is 1.45 bits per heavy atom. The summed E-state index contributed by atoms with van der Waals surface area (Å²) in [4.78, 5) is 35.5. The average molecular weight is 579 g/mol. The lowest BCUT2D eigenvalue weighted by Crippen LogP contribution is -2.54. The first-order valence-electron chi connectivity index (χ1n) is 11.8. The third kappa shape index (κ3) is 12.3. The molecule has 15 heteroatoms. The third-order valence-electron chi connectivity index (χ3n) is 5.29. The van der Waals surface area contributed by atoms with Gasteiger partial charge in [-0.2, -0.15) is 26.3 Å². The number of carbonyl (C=O) groups is 3. The number of hydrogen-bond donors (Lipinski definition) is 3. The van der Waals surface area contributed by atoms with Gasteiger partial charge in [0.1, 0.15) is 30.7 Å². The topological polar surface area (TPSA) is 181 Å². The number of aromatic amines is 2.